The minimum Gasteiger partial charge on any atom is -0.484 e. The summed E-state index contributed by atoms with van der Waals surface area (Å²) < 4.78 is 6.46. The molecule has 1 aliphatic carbocycles. The molecule has 1 amide bonds. The van der Waals surface area contributed by atoms with Gasteiger partial charge in [-0.25, -0.2) is 0 Å². The number of halogens is 2. The number of ether oxygens (including phenoxy) is 1. The van der Waals surface area contributed by atoms with E-state index in [1.165, 1.54) is 6.42 Å². The molecule has 2 unspecified atom stereocenters. The van der Waals surface area contributed by atoms with Crippen molar-refractivity contribution in [3.63, 3.8) is 0 Å². The Balaban J connectivity index is 0.00000220. The van der Waals surface area contributed by atoms with Crippen LogP contribution >= 0.6 is 28.3 Å². The number of nitrogens with two attached hydrogens (primary N) is 1. The van der Waals surface area contributed by atoms with Crippen LogP contribution in [0.15, 0.2) is 28.7 Å². The molecule has 0 heterocycles. The average Bonchev–Trinajstić information content (AvgIpc) is 2.47. The lowest BCUT2D eigenvalue weighted by molar-refractivity contribution is -0.124. The summed E-state index contributed by atoms with van der Waals surface area (Å²) in [6.45, 7) is 0.688. The number of hydrogen-bond acceptors (Lipinski definition) is 3. The molecule has 2 atom stereocenters. The maximum atomic E-state index is 11.9. The molecule has 3 N–H and O–H groups in total. The van der Waals surface area contributed by atoms with Crippen LogP contribution in [0.3, 0.4) is 0 Å². The van der Waals surface area contributed by atoms with Gasteiger partial charge >= 0.3 is 0 Å². The molecule has 0 spiro atoms. The van der Waals surface area contributed by atoms with Crippen LogP contribution in [0.1, 0.15) is 25.7 Å². The molecule has 0 radical (unpaired) electrons. The molecular weight excluding hydrogens is 356 g/mol. The van der Waals surface area contributed by atoms with E-state index in [1.807, 2.05) is 24.3 Å². The van der Waals surface area contributed by atoms with Gasteiger partial charge in [0.1, 0.15) is 5.75 Å². The molecule has 1 fully saturated rings. The molecule has 4 nitrogen and oxygen atoms in total. The molecule has 6 heteroatoms. The number of hydrogen-bond donors (Lipinski definition) is 2. The zero-order valence-electron chi connectivity index (χ0n) is 11.9. The first-order valence-electron chi connectivity index (χ1n) is 7.07. The molecule has 1 aliphatic rings. The first kappa shape index (κ1) is 18.3. The minimum absolute atomic E-state index is 0. The van der Waals surface area contributed by atoms with Gasteiger partial charge in [0.2, 0.25) is 0 Å². The van der Waals surface area contributed by atoms with E-state index < -0.39 is 0 Å². The predicted octanol–water partition coefficient (Wildman–Crippen LogP) is 2.88. The maximum Gasteiger partial charge on any atom is 0.258 e. The summed E-state index contributed by atoms with van der Waals surface area (Å²) in [6.07, 6.45) is 4.50. The molecule has 1 aromatic rings. The lowest BCUT2D eigenvalue weighted by Crippen LogP contribution is -2.46. The normalized spacial score (nSPS) is 21.2. The summed E-state index contributed by atoms with van der Waals surface area (Å²) in [5, 5.41) is 3.05. The molecule has 2 rings (SSSR count). The number of amides is 1. The fraction of sp³-hybridized carbons (Fsp3) is 0.533. The Kier molecular flexibility index (Phi) is 8.07. The zero-order chi connectivity index (χ0) is 14.4. The molecular formula is C15H22BrClN2O2. The van der Waals surface area contributed by atoms with Gasteiger partial charge in [0.15, 0.2) is 6.61 Å². The molecule has 21 heavy (non-hydrogen) atoms. The summed E-state index contributed by atoms with van der Waals surface area (Å²) in [5.41, 5.74) is 5.76. The fourth-order valence-electron chi connectivity index (χ4n) is 2.61. The van der Waals surface area contributed by atoms with Gasteiger partial charge in [-0.3, -0.25) is 4.79 Å². The number of carbonyl (C=O) groups is 1. The molecule has 0 bridgehead atoms. The number of nitrogens with one attached hydrogen (secondary N) is 1. The Hall–Kier alpha value is -0.780. The van der Waals surface area contributed by atoms with E-state index in [4.69, 9.17) is 10.5 Å². The van der Waals surface area contributed by atoms with E-state index in [-0.39, 0.29) is 31.0 Å². The summed E-state index contributed by atoms with van der Waals surface area (Å²) in [7, 11) is 0. The summed E-state index contributed by atoms with van der Waals surface area (Å²) in [6, 6.07) is 7.65. The van der Waals surface area contributed by atoms with E-state index in [0.29, 0.717) is 18.2 Å². The third-order valence-electron chi connectivity index (χ3n) is 3.74. The van der Waals surface area contributed by atoms with Crippen molar-refractivity contribution in [2.75, 3.05) is 13.2 Å². The lowest BCUT2D eigenvalue weighted by Gasteiger charge is -2.31. The van der Waals surface area contributed by atoms with Crippen LogP contribution in [0.2, 0.25) is 0 Å². The summed E-state index contributed by atoms with van der Waals surface area (Å²) in [4.78, 5) is 11.9. The molecule has 0 aromatic heterocycles. The van der Waals surface area contributed by atoms with Crippen LogP contribution in [0.4, 0.5) is 0 Å². The van der Waals surface area contributed by atoms with Gasteiger partial charge in [0, 0.05) is 10.5 Å². The Bertz CT molecular complexity index is 442. The third kappa shape index (κ3) is 5.85. The van der Waals surface area contributed by atoms with Crippen molar-refractivity contribution < 1.29 is 9.53 Å². The second kappa shape index (κ2) is 9.28. The summed E-state index contributed by atoms with van der Waals surface area (Å²) in [5.74, 6) is 1.03. The third-order valence-corrected chi connectivity index (χ3v) is 4.27. The van der Waals surface area contributed by atoms with Crippen LogP contribution in [0.5, 0.6) is 5.75 Å². The highest BCUT2D eigenvalue weighted by Gasteiger charge is 2.25. The van der Waals surface area contributed by atoms with E-state index in [0.717, 1.165) is 23.7 Å². The van der Waals surface area contributed by atoms with Crippen LogP contribution < -0.4 is 15.8 Å². The van der Waals surface area contributed by atoms with E-state index in [1.54, 1.807) is 0 Å². The van der Waals surface area contributed by atoms with Crippen molar-refractivity contribution in [3.05, 3.63) is 28.7 Å². The highest BCUT2D eigenvalue weighted by atomic mass is 79.9. The van der Waals surface area contributed by atoms with Crippen molar-refractivity contribution in [2.24, 2.45) is 11.7 Å². The smallest absolute Gasteiger partial charge is 0.258 e. The Morgan fingerprint density at radius 2 is 1.95 bits per heavy atom. The zero-order valence-corrected chi connectivity index (χ0v) is 14.3. The highest BCUT2D eigenvalue weighted by molar-refractivity contribution is 9.10. The Morgan fingerprint density at radius 1 is 1.29 bits per heavy atom. The lowest BCUT2D eigenvalue weighted by atomic mass is 9.84. The number of benzene rings is 1. The van der Waals surface area contributed by atoms with E-state index >= 15 is 0 Å². The van der Waals surface area contributed by atoms with Gasteiger partial charge in [-0.05, 0) is 49.6 Å². The van der Waals surface area contributed by atoms with Crippen molar-refractivity contribution in [1.29, 1.82) is 0 Å². The largest absolute Gasteiger partial charge is 0.484 e. The van der Waals surface area contributed by atoms with Crippen molar-refractivity contribution >= 4 is 34.2 Å². The maximum absolute atomic E-state index is 11.9. The monoisotopic (exact) mass is 376 g/mol. The minimum atomic E-state index is -0.0710. The van der Waals surface area contributed by atoms with Crippen molar-refractivity contribution in [3.8, 4) is 5.75 Å². The molecule has 1 saturated carbocycles. The number of rotatable bonds is 5. The molecule has 0 aliphatic heterocycles. The van der Waals surface area contributed by atoms with Crippen LogP contribution in [-0.2, 0) is 4.79 Å². The molecule has 1 aromatic carbocycles. The second-order valence-electron chi connectivity index (χ2n) is 5.20. The topological polar surface area (TPSA) is 64.3 Å². The Labute approximate surface area is 140 Å². The first-order valence-corrected chi connectivity index (χ1v) is 7.86. The predicted molar refractivity (Wildman–Crippen MR) is 89.8 cm³/mol. The standard InChI is InChI=1S/C15H21BrN2O2.ClH/c16-12-5-7-13(8-6-12)20-10-15(19)18-14-4-2-1-3-11(14)9-17;/h5-8,11,14H,1-4,9-10,17H2,(H,18,19);1H. The van der Waals surface area contributed by atoms with E-state index in [9.17, 15) is 4.79 Å². The van der Waals surface area contributed by atoms with Crippen LogP contribution in [0.25, 0.3) is 0 Å². The molecule has 0 saturated heterocycles. The summed E-state index contributed by atoms with van der Waals surface area (Å²) >= 11 is 3.36. The number of carbonyl (C=O) groups excluding carboxylic acids is 1. The SMILES string of the molecule is Cl.NCC1CCCCC1NC(=O)COc1ccc(Br)cc1. The van der Waals surface area contributed by atoms with Gasteiger partial charge in [-0.2, -0.15) is 0 Å². The van der Waals surface area contributed by atoms with Crippen molar-refractivity contribution in [2.45, 2.75) is 31.7 Å². The van der Waals surface area contributed by atoms with Gasteiger partial charge in [0.25, 0.3) is 5.91 Å². The fourth-order valence-corrected chi connectivity index (χ4v) is 2.87. The quantitative estimate of drug-likeness (QED) is 0.829. The van der Waals surface area contributed by atoms with Crippen LogP contribution in [-0.4, -0.2) is 25.1 Å². The highest BCUT2D eigenvalue weighted by Crippen LogP contribution is 2.23. The van der Waals surface area contributed by atoms with Crippen molar-refractivity contribution in [1.82, 2.24) is 5.32 Å². The van der Waals surface area contributed by atoms with Gasteiger partial charge < -0.3 is 15.8 Å². The van der Waals surface area contributed by atoms with Gasteiger partial charge in [-0.15, -0.1) is 12.4 Å². The average molecular weight is 378 g/mol. The first-order chi connectivity index (χ1) is 9.69. The van der Waals surface area contributed by atoms with E-state index in [2.05, 4.69) is 21.2 Å². The Morgan fingerprint density at radius 3 is 2.62 bits per heavy atom. The van der Waals surface area contributed by atoms with Gasteiger partial charge in [-0.1, -0.05) is 28.8 Å². The molecule has 118 valence electrons. The van der Waals surface area contributed by atoms with Gasteiger partial charge in [0.05, 0.1) is 0 Å². The van der Waals surface area contributed by atoms with Crippen LogP contribution in [0, 0.1) is 5.92 Å². The second-order valence-corrected chi connectivity index (χ2v) is 6.11.